The molecule has 1 aromatic carbocycles. The van der Waals surface area contributed by atoms with Gasteiger partial charge in [0, 0.05) is 36.3 Å². The second kappa shape index (κ2) is 10.1. The molecule has 6 rings (SSSR count). The highest BCUT2D eigenvalue weighted by atomic mass is 32.2. The van der Waals surface area contributed by atoms with Gasteiger partial charge in [0.1, 0.15) is 10.6 Å². The van der Waals surface area contributed by atoms with Crippen LogP contribution in [0, 0.1) is 0 Å². The Labute approximate surface area is 232 Å². The molecule has 3 N–H and O–H groups in total. The van der Waals surface area contributed by atoms with Gasteiger partial charge in [-0.05, 0) is 69.0 Å². The van der Waals surface area contributed by atoms with Crippen molar-refractivity contribution >= 4 is 27.4 Å². The summed E-state index contributed by atoms with van der Waals surface area (Å²) in [6.45, 7) is 3.70. The van der Waals surface area contributed by atoms with Gasteiger partial charge in [-0.2, -0.15) is 0 Å². The van der Waals surface area contributed by atoms with Gasteiger partial charge < -0.3 is 25.4 Å². The van der Waals surface area contributed by atoms with Crippen LogP contribution in [0.5, 0.6) is 0 Å². The summed E-state index contributed by atoms with van der Waals surface area (Å²) in [4.78, 5) is 28.4. The van der Waals surface area contributed by atoms with E-state index in [0.717, 1.165) is 12.8 Å². The fourth-order valence-corrected chi connectivity index (χ4v) is 7.06. The van der Waals surface area contributed by atoms with Crippen molar-refractivity contribution < 1.29 is 23.1 Å². The topological polar surface area (TPSA) is 147 Å². The molecule has 3 aromatic rings. The number of ether oxygens (including phenoxy) is 1. The zero-order valence-electron chi connectivity index (χ0n) is 22.2. The van der Waals surface area contributed by atoms with Crippen molar-refractivity contribution in [3.63, 3.8) is 0 Å². The number of nitrogens with one attached hydrogen (secondary N) is 2. The Morgan fingerprint density at radius 3 is 2.45 bits per heavy atom. The molecule has 1 saturated heterocycles. The molecular formula is C28H32N6O5S. The maximum atomic E-state index is 13.8. The monoisotopic (exact) mass is 564 g/mol. The molecule has 210 valence electrons. The van der Waals surface area contributed by atoms with Crippen LogP contribution in [0.4, 0.5) is 16.3 Å². The number of pyridine rings is 1. The number of aromatic nitrogens is 3. The van der Waals surface area contributed by atoms with Gasteiger partial charge >= 0.3 is 6.03 Å². The molecule has 0 unspecified atom stereocenters. The molecule has 11 nitrogen and oxygen atoms in total. The first-order valence-electron chi connectivity index (χ1n) is 13.4. The second-order valence-corrected chi connectivity index (χ2v) is 13.1. The molecule has 1 aliphatic heterocycles. The lowest BCUT2D eigenvalue weighted by Crippen LogP contribution is -2.44. The summed E-state index contributed by atoms with van der Waals surface area (Å²) < 4.78 is 32.1. The number of nitrogens with zero attached hydrogens (tertiary/aromatic N) is 4. The number of amides is 2. The molecular weight excluding hydrogens is 532 g/mol. The van der Waals surface area contributed by atoms with Gasteiger partial charge in [0.05, 0.1) is 42.0 Å². The van der Waals surface area contributed by atoms with Gasteiger partial charge in [-0.15, -0.1) is 0 Å². The third-order valence-corrected chi connectivity index (χ3v) is 10.5. The lowest BCUT2D eigenvalue weighted by Gasteiger charge is -2.34. The average Bonchev–Trinajstić information content (AvgIpc) is 3.90. The summed E-state index contributed by atoms with van der Waals surface area (Å²) in [6, 6.07) is 11.7. The van der Waals surface area contributed by atoms with Crippen LogP contribution < -0.4 is 15.5 Å². The fraction of sp³-hybridized carbons (Fsp3) is 0.429. The number of rotatable bonds is 8. The lowest BCUT2D eigenvalue weighted by molar-refractivity contribution is 0.0985. The summed E-state index contributed by atoms with van der Waals surface area (Å²) in [6.07, 6.45) is 5.43. The summed E-state index contributed by atoms with van der Waals surface area (Å²) in [5.41, 5.74) is 1.23. The number of benzene rings is 1. The van der Waals surface area contributed by atoms with Crippen molar-refractivity contribution in [2.75, 3.05) is 36.6 Å². The Morgan fingerprint density at radius 1 is 1.10 bits per heavy atom. The van der Waals surface area contributed by atoms with E-state index in [1.54, 1.807) is 24.3 Å². The van der Waals surface area contributed by atoms with E-state index in [9.17, 15) is 18.3 Å². The van der Waals surface area contributed by atoms with Crippen molar-refractivity contribution in [1.82, 2.24) is 20.3 Å². The number of carbonyl (C=O) groups excluding carboxylic acids is 1. The van der Waals surface area contributed by atoms with Crippen molar-refractivity contribution in [2.45, 2.75) is 53.8 Å². The Bertz CT molecular complexity index is 1510. The summed E-state index contributed by atoms with van der Waals surface area (Å²) >= 11 is 0. The molecule has 12 heteroatoms. The molecule has 3 heterocycles. The molecule has 0 bridgehead atoms. The number of anilines is 2. The molecule has 0 spiro atoms. The highest BCUT2D eigenvalue weighted by molar-refractivity contribution is 7.92. The first kappa shape index (κ1) is 26.6. The Kier molecular flexibility index (Phi) is 6.71. The molecule has 2 aromatic heterocycles. The first-order valence-corrected chi connectivity index (χ1v) is 14.9. The minimum absolute atomic E-state index is 0.0649. The van der Waals surface area contributed by atoms with Gasteiger partial charge in [-0.1, -0.05) is 0 Å². The summed E-state index contributed by atoms with van der Waals surface area (Å²) in [5, 5.41) is 15.1. The predicted octanol–water partition coefficient (Wildman–Crippen LogP) is 2.87. The van der Waals surface area contributed by atoms with E-state index in [2.05, 4.69) is 27.4 Å². The minimum Gasteiger partial charge on any atom is -0.394 e. The van der Waals surface area contributed by atoms with E-state index in [0.29, 0.717) is 61.2 Å². The van der Waals surface area contributed by atoms with Crippen molar-refractivity contribution in [1.29, 1.82) is 0 Å². The molecule has 1 atom stereocenters. The van der Waals surface area contributed by atoms with Gasteiger partial charge in [-0.3, -0.25) is 4.98 Å². The quantitative estimate of drug-likeness (QED) is 0.376. The van der Waals surface area contributed by atoms with Crippen LogP contribution in [0.3, 0.4) is 0 Å². The summed E-state index contributed by atoms with van der Waals surface area (Å²) in [7, 11) is -3.72. The van der Waals surface area contributed by atoms with E-state index >= 15 is 0 Å². The molecule has 3 fully saturated rings. The molecule has 3 aliphatic rings. The molecule has 0 radical (unpaired) electrons. The predicted molar refractivity (Wildman–Crippen MR) is 149 cm³/mol. The van der Waals surface area contributed by atoms with Crippen molar-refractivity contribution in [2.24, 2.45) is 0 Å². The number of hydrogen-bond donors (Lipinski definition) is 3. The van der Waals surface area contributed by atoms with Crippen LogP contribution >= 0.6 is 0 Å². The number of hydrogen-bond acceptors (Lipinski definition) is 9. The number of urea groups is 1. The van der Waals surface area contributed by atoms with Crippen LogP contribution in [0.2, 0.25) is 0 Å². The minimum atomic E-state index is -3.72. The van der Waals surface area contributed by atoms with Crippen molar-refractivity contribution in [3.8, 4) is 11.4 Å². The van der Waals surface area contributed by atoms with E-state index in [-0.39, 0.29) is 23.6 Å². The molecule has 40 heavy (non-hydrogen) atoms. The number of sulfone groups is 1. The third kappa shape index (κ3) is 4.91. The van der Waals surface area contributed by atoms with Gasteiger partial charge in [-0.25, -0.2) is 23.2 Å². The first-order chi connectivity index (χ1) is 19.3. The maximum absolute atomic E-state index is 13.8. The fourth-order valence-electron chi connectivity index (χ4n) is 5.11. The van der Waals surface area contributed by atoms with Crippen LogP contribution in [-0.2, 0) is 19.3 Å². The highest BCUT2D eigenvalue weighted by Crippen LogP contribution is 2.55. The Morgan fingerprint density at radius 2 is 1.82 bits per heavy atom. The van der Waals surface area contributed by atoms with E-state index < -0.39 is 20.1 Å². The second-order valence-electron chi connectivity index (χ2n) is 10.8. The van der Waals surface area contributed by atoms with E-state index in [1.165, 1.54) is 24.5 Å². The van der Waals surface area contributed by atoms with E-state index in [1.807, 2.05) is 6.07 Å². The number of morpholine rings is 1. The number of aliphatic hydroxyl groups is 1. The molecule has 2 saturated carbocycles. The number of carbonyl (C=O) groups is 1. The average molecular weight is 565 g/mol. The zero-order chi connectivity index (χ0) is 28.0. The van der Waals surface area contributed by atoms with E-state index in [4.69, 9.17) is 14.7 Å². The van der Waals surface area contributed by atoms with Crippen LogP contribution in [0.25, 0.3) is 11.4 Å². The van der Waals surface area contributed by atoms with Gasteiger partial charge in [0.2, 0.25) is 0 Å². The van der Waals surface area contributed by atoms with Crippen molar-refractivity contribution in [3.05, 3.63) is 60.6 Å². The van der Waals surface area contributed by atoms with Crippen LogP contribution in [0.1, 0.15) is 38.3 Å². The Hall–Kier alpha value is -3.61. The lowest BCUT2D eigenvalue weighted by atomic mass is 10.1. The van der Waals surface area contributed by atoms with Crippen LogP contribution in [-0.4, -0.2) is 72.5 Å². The normalized spacial score (nSPS) is 20.9. The smallest absolute Gasteiger partial charge is 0.319 e. The third-order valence-electron chi connectivity index (χ3n) is 7.96. The SMILES string of the molecule is C[C@H]1COCCN1c1cc(C2(S(=O)(=O)c3ccncc3)CC2)nc(-c2ccc(NC(=O)NC3(CO)CC3)cc2)n1. The van der Waals surface area contributed by atoms with Gasteiger partial charge in [0.15, 0.2) is 15.7 Å². The maximum Gasteiger partial charge on any atom is 0.319 e. The zero-order valence-corrected chi connectivity index (χ0v) is 23.0. The standard InChI is InChI=1S/C28H32N6O5S/c1-19-17-39-15-14-34(19)24-16-23(28(10-11-28)40(37,38)22-6-12-29-13-7-22)31-25(32-24)20-2-4-21(5-3-20)30-26(36)33-27(18-35)8-9-27/h2-7,12-13,16,19,35H,8-11,14-15,17-18H2,1H3,(H2,30,33,36)/t19-/m0/s1. The van der Waals surface area contributed by atoms with Gasteiger partial charge in [0.25, 0.3) is 0 Å². The molecule has 2 aliphatic carbocycles. The highest BCUT2D eigenvalue weighted by Gasteiger charge is 2.58. The molecule has 2 amide bonds. The summed E-state index contributed by atoms with van der Waals surface area (Å²) in [5.74, 6) is 1.07. The largest absolute Gasteiger partial charge is 0.394 e. The van der Waals surface area contributed by atoms with Crippen LogP contribution in [0.15, 0.2) is 59.8 Å². The Balaban J connectivity index is 1.34. The number of aliphatic hydroxyl groups excluding tert-OH is 1.